The van der Waals surface area contributed by atoms with Gasteiger partial charge in [0.15, 0.2) is 11.0 Å². The van der Waals surface area contributed by atoms with Crippen molar-refractivity contribution in [3.05, 3.63) is 39.7 Å². The minimum absolute atomic E-state index is 0.0685. The maximum Gasteiger partial charge on any atom is 0.353 e. The molecule has 2 aliphatic rings. The lowest BCUT2D eigenvalue weighted by atomic mass is 9.86. The molecule has 160 valence electrons. The number of hydrogen-bond acceptors (Lipinski definition) is 12. The number of nitrogens with two attached hydrogens (primary N) is 1. The van der Waals surface area contributed by atoms with E-state index < -0.39 is 35.9 Å². The number of amides is 2. The Morgan fingerprint density at radius 3 is 2.87 bits per heavy atom. The van der Waals surface area contributed by atoms with Gasteiger partial charge in [0.2, 0.25) is 6.04 Å². The van der Waals surface area contributed by atoms with Crippen LogP contribution in [-0.2, 0) is 14.4 Å². The number of rotatable bonds is 7. The number of carboxylic acids is 1. The molecule has 2 unspecified atom stereocenters. The van der Waals surface area contributed by atoms with E-state index in [9.17, 15) is 24.4 Å². The number of nitrogens with one attached hydrogen (secondary N) is 1. The smallest absolute Gasteiger partial charge is 0.353 e. The highest BCUT2D eigenvalue weighted by molar-refractivity contribution is 8.03. The Morgan fingerprint density at radius 2 is 2.26 bits per heavy atom. The van der Waals surface area contributed by atoms with E-state index in [1.165, 1.54) is 6.20 Å². The fourth-order valence-corrected chi connectivity index (χ4v) is 4.85. The van der Waals surface area contributed by atoms with Crippen LogP contribution in [0.1, 0.15) is 24.7 Å². The van der Waals surface area contributed by atoms with E-state index in [-0.39, 0.29) is 16.7 Å². The second kappa shape index (κ2) is 8.35. The van der Waals surface area contributed by atoms with Gasteiger partial charge in [-0.15, -0.1) is 10.0 Å². The Kier molecular flexibility index (Phi) is 5.60. The number of nitroso groups, excluding NO2 is 1. The minimum atomic E-state index is -1.56. The lowest BCUT2D eigenvalue weighted by Gasteiger charge is -2.50. The van der Waals surface area contributed by atoms with E-state index in [1.807, 2.05) is 0 Å². The predicted octanol–water partition coefficient (Wildman–Crippen LogP) is 0.296. The van der Waals surface area contributed by atoms with Crippen molar-refractivity contribution in [3.63, 3.8) is 0 Å². The predicted molar refractivity (Wildman–Crippen MR) is 107 cm³/mol. The molecular formula is C16H14N8O5S2. The minimum Gasteiger partial charge on any atom is -0.477 e. The summed E-state index contributed by atoms with van der Waals surface area (Å²) in [5.74, 6) is -2.87. The molecule has 31 heavy (non-hydrogen) atoms. The highest BCUT2D eigenvalue weighted by atomic mass is 32.2. The van der Waals surface area contributed by atoms with Crippen LogP contribution in [0.2, 0.25) is 0 Å². The largest absolute Gasteiger partial charge is 0.477 e. The number of thioether (sulfide) groups is 1. The van der Waals surface area contributed by atoms with Gasteiger partial charge in [0.1, 0.15) is 16.8 Å². The van der Waals surface area contributed by atoms with Crippen LogP contribution in [0, 0.1) is 4.91 Å². The number of carboxylic acid groups (broad SMARTS) is 1. The fourth-order valence-electron chi connectivity index (χ4n) is 3.40. The quantitative estimate of drug-likeness (QED) is 0.378. The molecule has 0 bridgehead atoms. The molecular weight excluding hydrogens is 448 g/mol. The molecule has 0 aromatic carbocycles. The van der Waals surface area contributed by atoms with Crippen LogP contribution in [0.15, 0.2) is 39.1 Å². The maximum absolute atomic E-state index is 12.7. The number of nitrogens with zero attached hydrogens (tertiary/aromatic N) is 6. The molecule has 0 aliphatic carbocycles. The zero-order valence-electron chi connectivity index (χ0n) is 15.5. The van der Waals surface area contributed by atoms with E-state index in [4.69, 9.17) is 5.73 Å². The molecule has 15 heteroatoms. The summed E-state index contributed by atoms with van der Waals surface area (Å²) in [6.45, 7) is 0. The first-order valence-electron chi connectivity index (χ1n) is 8.87. The highest BCUT2D eigenvalue weighted by Gasteiger charge is 2.54. The topological polar surface area (TPSA) is 194 Å². The van der Waals surface area contributed by atoms with Gasteiger partial charge in [-0.2, -0.15) is 9.47 Å². The Hall–Kier alpha value is -3.46. The van der Waals surface area contributed by atoms with Crippen molar-refractivity contribution < 1.29 is 19.5 Å². The monoisotopic (exact) mass is 462 g/mol. The standard InChI is InChI=1S/C16H14N8O5S2/c17-16-20-12(23-31-16)10(22-29)13(25)19-9-6-3-4-7(30-8-2-1-5-18-21-8)11(15(27)28)24(6)14(9)26/h1-2,5-6,9-10H,3-4H2,(H,19,25)(H,27,28)(H2,17,20,23)/t6?,9-,10?/m0/s1. The molecule has 1 saturated heterocycles. The van der Waals surface area contributed by atoms with Gasteiger partial charge in [-0.1, -0.05) is 11.8 Å². The number of nitrogen functional groups attached to an aromatic ring is 1. The first-order chi connectivity index (χ1) is 14.9. The number of allylic oxidation sites excluding steroid dienone is 1. The summed E-state index contributed by atoms with van der Waals surface area (Å²) in [6.07, 6.45) is 2.27. The summed E-state index contributed by atoms with van der Waals surface area (Å²) in [4.78, 5) is 53.6. The van der Waals surface area contributed by atoms with Gasteiger partial charge in [-0.25, -0.2) is 9.78 Å². The summed E-state index contributed by atoms with van der Waals surface area (Å²) in [6, 6.07) is 0.254. The number of fused-ring (bicyclic) bond motifs is 1. The fraction of sp³-hybridized carbons (Fsp3) is 0.312. The molecule has 2 aromatic heterocycles. The summed E-state index contributed by atoms with van der Waals surface area (Å²) in [5.41, 5.74) is 5.32. The number of aliphatic carboxylic acids is 1. The van der Waals surface area contributed by atoms with Gasteiger partial charge in [0, 0.05) is 22.6 Å². The Balaban J connectivity index is 1.51. The van der Waals surface area contributed by atoms with Gasteiger partial charge in [-0.05, 0) is 30.2 Å². The summed E-state index contributed by atoms with van der Waals surface area (Å²) in [7, 11) is 0. The van der Waals surface area contributed by atoms with Crippen molar-refractivity contribution in [1.82, 2.24) is 29.8 Å². The lowest BCUT2D eigenvalue weighted by molar-refractivity contribution is -0.156. The van der Waals surface area contributed by atoms with Gasteiger partial charge >= 0.3 is 5.97 Å². The average molecular weight is 462 g/mol. The summed E-state index contributed by atoms with van der Waals surface area (Å²) in [5, 5.41) is 23.2. The summed E-state index contributed by atoms with van der Waals surface area (Å²) >= 11 is 1.93. The normalized spacial score (nSPS) is 21.2. The summed E-state index contributed by atoms with van der Waals surface area (Å²) < 4.78 is 3.80. The third-order valence-corrected chi connectivity index (χ3v) is 6.35. The molecule has 4 heterocycles. The molecule has 0 saturated carbocycles. The van der Waals surface area contributed by atoms with Crippen LogP contribution in [0.5, 0.6) is 0 Å². The van der Waals surface area contributed by atoms with Crippen LogP contribution in [-0.4, -0.2) is 59.4 Å². The van der Waals surface area contributed by atoms with Gasteiger partial charge in [-0.3, -0.25) is 14.5 Å². The van der Waals surface area contributed by atoms with Crippen molar-refractivity contribution in [2.24, 2.45) is 5.18 Å². The van der Waals surface area contributed by atoms with Crippen molar-refractivity contribution in [1.29, 1.82) is 0 Å². The van der Waals surface area contributed by atoms with Gasteiger partial charge in [0.05, 0.1) is 6.04 Å². The zero-order chi connectivity index (χ0) is 22.1. The van der Waals surface area contributed by atoms with E-state index in [2.05, 4.69) is 30.0 Å². The van der Waals surface area contributed by atoms with Crippen molar-refractivity contribution in [2.75, 3.05) is 5.73 Å². The van der Waals surface area contributed by atoms with Crippen LogP contribution in [0.25, 0.3) is 0 Å². The average Bonchev–Trinajstić information content (AvgIpc) is 3.18. The molecule has 0 radical (unpaired) electrons. The van der Waals surface area contributed by atoms with Crippen LogP contribution >= 0.6 is 23.3 Å². The molecule has 0 spiro atoms. The van der Waals surface area contributed by atoms with Crippen molar-refractivity contribution in [2.45, 2.75) is 36.0 Å². The third-order valence-electron chi connectivity index (χ3n) is 4.72. The van der Waals surface area contributed by atoms with Crippen molar-refractivity contribution >= 4 is 46.2 Å². The van der Waals surface area contributed by atoms with E-state index >= 15 is 0 Å². The van der Waals surface area contributed by atoms with E-state index in [0.717, 1.165) is 28.2 Å². The lowest BCUT2D eigenvalue weighted by Crippen LogP contribution is -2.71. The van der Waals surface area contributed by atoms with E-state index in [1.54, 1.807) is 12.1 Å². The number of anilines is 1. The molecule has 1 fully saturated rings. The number of hydrogen-bond donors (Lipinski definition) is 3. The maximum atomic E-state index is 12.7. The van der Waals surface area contributed by atoms with Crippen LogP contribution in [0.4, 0.5) is 5.13 Å². The number of carbonyl (C=O) groups excluding carboxylic acids is 2. The zero-order valence-corrected chi connectivity index (χ0v) is 17.2. The molecule has 13 nitrogen and oxygen atoms in total. The van der Waals surface area contributed by atoms with Crippen LogP contribution < -0.4 is 11.1 Å². The van der Waals surface area contributed by atoms with Crippen molar-refractivity contribution in [3.8, 4) is 0 Å². The highest BCUT2D eigenvalue weighted by Crippen LogP contribution is 2.42. The van der Waals surface area contributed by atoms with Gasteiger partial charge in [0.25, 0.3) is 11.8 Å². The Morgan fingerprint density at radius 1 is 1.45 bits per heavy atom. The number of aromatic nitrogens is 4. The van der Waals surface area contributed by atoms with Gasteiger partial charge < -0.3 is 16.2 Å². The first-order valence-corrected chi connectivity index (χ1v) is 10.5. The molecule has 4 rings (SSSR count). The first kappa shape index (κ1) is 20.8. The molecule has 2 amide bonds. The van der Waals surface area contributed by atoms with E-state index in [0.29, 0.717) is 22.8 Å². The number of β-lactam (4-membered cyclic amide) rings is 1. The molecule has 4 N–H and O–H groups in total. The third kappa shape index (κ3) is 3.84. The molecule has 2 aromatic rings. The molecule has 2 aliphatic heterocycles. The second-order valence-electron chi connectivity index (χ2n) is 6.54. The Bertz CT molecular complexity index is 1090. The SMILES string of the molecule is Nc1nc(C(N=O)C(=O)N[C@@H]2C(=O)N3C(C(=O)O)=C(Sc4cccnn4)CCC23)ns1. The number of carbonyl (C=O) groups is 3. The molecule has 3 atom stereocenters. The Labute approximate surface area is 182 Å². The second-order valence-corrected chi connectivity index (χ2v) is 8.44. The van der Waals surface area contributed by atoms with Crippen LogP contribution in [0.3, 0.4) is 0 Å².